The Morgan fingerprint density at radius 3 is 2.92 bits per heavy atom. The second-order valence-corrected chi connectivity index (χ2v) is 3.65. The average molecular weight is 200 g/mol. The summed E-state index contributed by atoms with van der Waals surface area (Å²) in [5, 5.41) is 5.67. The number of thioether (sulfide) groups is 1. The zero-order valence-corrected chi connectivity index (χ0v) is 8.91. The lowest BCUT2D eigenvalue weighted by Gasteiger charge is -2.11. The molecule has 0 saturated carbocycles. The number of hydrogen-bond donors (Lipinski definition) is 2. The number of hydrogen-bond acceptors (Lipinski definition) is 3. The first kappa shape index (κ1) is 12.3. The second kappa shape index (κ2) is 7.96. The van der Waals surface area contributed by atoms with Crippen LogP contribution in [0.25, 0.3) is 0 Å². The van der Waals surface area contributed by atoms with E-state index in [4.69, 9.17) is 6.42 Å². The largest absolute Gasteiger partial charge is 0.358 e. The van der Waals surface area contributed by atoms with Crippen LogP contribution in [0.4, 0.5) is 0 Å². The summed E-state index contributed by atoms with van der Waals surface area (Å²) in [4.78, 5) is 11.0. The standard InChI is InChI=1S/C9H16N2OS/c1-4-6-13-7-5-11-8(2)9(12)10-3/h1,8,11H,5-7H2,2-3H3,(H,10,12). The van der Waals surface area contributed by atoms with Crippen LogP contribution >= 0.6 is 11.8 Å². The number of rotatable bonds is 6. The lowest BCUT2D eigenvalue weighted by atomic mass is 10.3. The van der Waals surface area contributed by atoms with E-state index in [1.807, 2.05) is 6.92 Å². The van der Waals surface area contributed by atoms with Crippen molar-refractivity contribution >= 4 is 17.7 Å². The van der Waals surface area contributed by atoms with Gasteiger partial charge < -0.3 is 10.6 Å². The Hall–Kier alpha value is -0.660. The molecule has 13 heavy (non-hydrogen) atoms. The van der Waals surface area contributed by atoms with Gasteiger partial charge in [-0.15, -0.1) is 18.2 Å². The molecule has 0 fully saturated rings. The van der Waals surface area contributed by atoms with Crippen molar-refractivity contribution in [3.8, 4) is 12.3 Å². The molecule has 0 aliphatic heterocycles. The van der Waals surface area contributed by atoms with Gasteiger partial charge in [0, 0.05) is 19.3 Å². The van der Waals surface area contributed by atoms with Gasteiger partial charge in [0.15, 0.2) is 0 Å². The Bertz CT molecular complexity index is 189. The van der Waals surface area contributed by atoms with E-state index in [9.17, 15) is 4.79 Å². The van der Waals surface area contributed by atoms with Crippen LogP contribution in [-0.4, -0.2) is 37.0 Å². The zero-order valence-electron chi connectivity index (χ0n) is 8.09. The molecule has 0 saturated heterocycles. The fourth-order valence-electron chi connectivity index (χ4n) is 0.788. The summed E-state index contributed by atoms with van der Waals surface area (Å²) in [6.07, 6.45) is 5.08. The van der Waals surface area contributed by atoms with Crippen LogP contribution in [0.5, 0.6) is 0 Å². The summed E-state index contributed by atoms with van der Waals surface area (Å²) >= 11 is 1.68. The molecule has 0 spiro atoms. The van der Waals surface area contributed by atoms with Crippen molar-refractivity contribution in [3.63, 3.8) is 0 Å². The molecule has 1 atom stereocenters. The second-order valence-electron chi connectivity index (χ2n) is 2.55. The number of terminal acetylenes is 1. The van der Waals surface area contributed by atoms with Gasteiger partial charge in [-0.05, 0) is 6.92 Å². The van der Waals surface area contributed by atoms with Gasteiger partial charge in [-0.3, -0.25) is 4.79 Å². The normalized spacial score (nSPS) is 11.8. The molecule has 2 N–H and O–H groups in total. The van der Waals surface area contributed by atoms with E-state index in [-0.39, 0.29) is 11.9 Å². The van der Waals surface area contributed by atoms with Gasteiger partial charge in [-0.1, -0.05) is 5.92 Å². The first-order valence-corrected chi connectivity index (χ1v) is 5.34. The van der Waals surface area contributed by atoms with Gasteiger partial charge in [0.25, 0.3) is 0 Å². The number of likely N-dealkylation sites (N-methyl/N-ethyl adjacent to an activating group) is 1. The van der Waals surface area contributed by atoms with E-state index in [1.54, 1.807) is 18.8 Å². The summed E-state index contributed by atoms with van der Waals surface area (Å²) in [6, 6.07) is -0.128. The third-order valence-electron chi connectivity index (χ3n) is 1.52. The topological polar surface area (TPSA) is 41.1 Å². The number of carbonyl (C=O) groups is 1. The summed E-state index contributed by atoms with van der Waals surface area (Å²) in [6.45, 7) is 2.64. The highest BCUT2D eigenvalue weighted by atomic mass is 32.2. The molecular formula is C9H16N2OS. The first-order valence-electron chi connectivity index (χ1n) is 4.18. The van der Waals surface area contributed by atoms with E-state index in [0.717, 1.165) is 18.1 Å². The first-order chi connectivity index (χ1) is 6.22. The Morgan fingerprint density at radius 2 is 2.38 bits per heavy atom. The monoisotopic (exact) mass is 200 g/mol. The summed E-state index contributed by atoms with van der Waals surface area (Å²) in [7, 11) is 1.63. The lowest BCUT2D eigenvalue weighted by molar-refractivity contribution is -0.122. The van der Waals surface area contributed by atoms with E-state index < -0.39 is 0 Å². The molecule has 0 radical (unpaired) electrons. The minimum Gasteiger partial charge on any atom is -0.358 e. The maximum absolute atomic E-state index is 11.0. The highest BCUT2D eigenvalue weighted by molar-refractivity contribution is 7.99. The molecule has 0 aromatic heterocycles. The Morgan fingerprint density at radius 1 is 1.69 bits per heavy atom. The van der Waals surface area contributed by atoms with Crippen molar-refractivity contribution in [1.29, 1.82) is 0 Å². The van der Waals surface area contributed by atoms with Crippen molar-refractivity contribution in [1.82, 2.24) is 10.6 Å². The fraction of sp³-hybridized carbons (Fsp3) is 0.667. The number of carbonyl (C=O) groups excluding carboxylic acids is 1. The lowest BCUT2D eigenvalue weighted by Crippen LogP contribution is -2.41. The molecule has 74 valence electrons. The van der Waals surface area contributed by atoms with E-state index in [2.05, 4.69) is 16.6 Å². The predicted molar refractivity (Wildman–Crippen MR) is 57.7 cm³/mol. The molecule has 0 aliphatic rings. The van der Waals surface area contributed by atoms with Crippen molar-refractivity contribution in [2.45, 2.75) is 13.0 Å². The molecular weight excluding hydrogens is 184 g/mol. The molecule has 1 unspecified atom stereocenters. The molecule has 0 aromatic rings. The maximum atomic E-state index is 11.0. The van der Waals surface area contributed by atoms with Crippen LogP contribution in [0.2, 0.25) is 0 Å². The fourth-order valence-corrected chi connectivity index (χ4v) is 1.31. The van der Waals surface area contributed by atoms with Crippen molar-refractivity contribution in [2.24, 2.45) is 0 Å². The summed E-state index contributed by atoms with van der Waals surface area (Å²) in [5.41, 5.74) is 0. The minimum atomic E-state index is -0.128. The van der Waals surface area contributed by atoms with E-state index >= 15 is 0 Å². The molecule has 0 heterocycles. The van der Waals surface area contributed by atoms with Gasteiger partial charge in [-0.2, -0.15) is 0 Å². The van der Waals surface area contributed by atoms with E-state index in [1.165, 1.54) is 0 Å². The van der Waals surface area contributed by atoms with Crippen LogP contribution in [0.3, 0.4) is 0 Å². The van der Waals surface area contributed by atoms with Crippen molar-refractivity contribution < 1.29 is 4.79 Å². The van der Waals surface area contributed by atoms with Crippen LogP contribution in [0, 0.1) is 12.3 Å². The van der Waals surface area contributed by atoms with Crippen LogP contribution < -0.4 is 10.6 Å². The predicted octanol–water partition coefficient (Wildman–Crippen LogP) is 0.0769. The maximum Gasteiger partial charge on any atom is 0.236 e. The Balaban J connectivity index is 3.32. The zero-order chi connectivity index (χ0) is 10.1. The third kappa shape index (κ3) is 6.50. The SMILES string of the molecule is C#CCSCCNC(C)C(=O)NC. The molecule has 0 aromatic carbocycles. The van der Waals surface area contributed by atoms with Crippen molar-refractivity contribution in [2.75, 3.05) is 25.1 Å². The van der Waals surface area contributed by atoms with Crippen molar-refractivity contribution in [3.05, 3.63) is 0 Å². The summed E-state index contributed by atoms with van der Waals surface area (Å²) in [5.74, 6) is 4.23. The average Bonchev–Trinajstić information content (AvgIpc) is 2.16. The highest BCUT2D eigenvalue weighted by Gasteiger charge is 2.08. The van der Waals surface area contributed by atoms with Crippen LogP contribution in [0.1, 0.15) is 6.92 Å². The Kier molecular flexibility index (Phi) is 7.56. The van der Waals surface area contributed by atoms with Gasteiger partial charge in [0.05, 0.1) is 11.8 Å². The molecule has 1 amide bonds. The summed E-state index contributed by atoms with van der Waals surface area (Å²) < 4.78 is 0. The molecule has 0 aliphatic carbocycles. The molecule has 3 nitrogen and oxygen atoms in total. The van der Waals surface area contributed by atoms with Crippen LogP contribution in [0.15, 0.2) is 0 Å². The number of amides is 1. The molecule has 4 heteroatoms. The molecule has 0 bridgehead atoms. The quantitative estimate of drug-likeness (QED) is 0.471. The van der Waals surface area contributed by atoms with Gasteiger partial charge in [0.1, 0.15) is 0 Å². The number of nitrogens with one attached hydrogen (secondary N) is 2. The third-order valence-corrected chi connectivity index (χ3v) is 2.39. The molecule has 0 rings (SSSR count). The van der Waals surface area contributed by atoms with Gasteiger partial charge in [0.2, 0.25) is 5.91 Å². The van der Waals surface area contributed by atoms with E-state index in [0.29, 0.717) is 0 Å². The minimum absolute atomic E-state index is 0.0157. The Labute approximate surface area is 84.0 Å². The van der Waals surface area contributed by atoms with Gasteiger partial charge in [-0.25, -0.2) is 0 Å². The smallest absolute Gasteiger partial charge is 0.236 e. The van der Waals surface area contributed by atoms with Crippen LogP contribution in [-0.2, 0) is 4.79 Å². The highest BCUT2D eigenvalue weighted by Crippen LogP contribution is 1.95. The van der Waals surface area contributed by atoms with Gasteiger partial charge >= 0.3 is 0 Å².